The van der Waals surface area contributed by atoms with Crippen molar-refractivity contribution in [2.45, 2.75) is 50.4 Å². The Hall–Kier alpha value is -1.43. The van der Waals surface area contributed by atoms with Crippen LogP contribution in [0.1, 0.15) is 45.0 Å². The van der Waals surface area contributed by atoms with Gasteiger partial charge in [-0.2, -0.15) is 9.57 Å². The number of hydrogen-bond donors (Lipinski definition) is 1. The first-order valence-electron chi connectivity index (χ1n) is 6.95. The van der Waals surface area contributed by atoms with E-state index in [1.165, 1.54) is 11.2 Å². The van der Waals surface area contributed by atoms with E-state index in [1.807, 2.05) is 6.07 Å². The molecule has 0 aromatic carbocycles. The molecule has 0 saturated carbocycles. The second-order valence-corrected chi connectivity index (χ2v) is 8.43. The number of thiophene rings is 1. The summed E-state index contributed by atoms with van der Waals surface area (Å²) in [6.07, 6.45) is 0.151. The van der Waals surface area contributed by atoms with Crippen molar-refractivity contribution >= 4 is 27.3 Å². The molecule has 6 nitrogen and oxygen atoms in total. The highest BCUT2D eigenvalue weighted by molar-refractivity contribution is 7.91. The maximum Gasteiger partial charge on any atom is 0.252 e. The van der Waals surface area contributed by atoms with Gasteiger partial charge in [0, 0.05) is 30.8 Å². The molecule has 0 bridgehead atoms. The minimum Gasteiger partial charge on any atom is -0.349 e. The number of carbonyl (C=O) groups is 1. The second-order valence-electron chi connectivity index (χ2n) is 5.20. The molecular formula is C14H21N3O3S2. The number of amides is 1. The fourth-order valence-electron chi connectivity index (χ4n) is 2.01. The molecule has 0 fully saturated rings. The lowest BCUT2D eigenvalue weighted by molar-refractivity contribution is -0.119. The third kappa shape index (κ3) is 4.53. The van der Waals surface area contributed by atoms with E-state index in [-0.39, 0.29) is 35.2 Å². The molecule has 8 heteroatoms. The molecule has 1 atom stereocenters. The van der Waals surface area contributed by atoms with Crippen molar-refractivity contribution in [1.29, 1.82) is 5.26 Å². The third-order valence-corrected chi connectivity index (χ3v) is 6.84. The van der Waals surface area contributed by atoms with Crippen molar-refractivity contribution in [2.75, 3.05) is 6.54 Å². The van der Waals surface area contributed by atoms with Gasteiger partial charge in [0.05, 0.1) is 12.1 Å². The molecule has 0 aliphatic heterocycles. The van der Waals surface area contributed by atoms with Crippen molar-refractivity contribution in [3.63, 3.8) is 0 Å². The monoisotopic (exact) mass is 343 g/mol. The third-order valence-electron chi connectivity index (χ3n) is 3.03. The van der Waals surface area contributed by atoms with Gasteiger partial charge in [0.2, 0.25) is 5.91 Å². The zero-order chi connectivity index (χ0) is 16.9. The molecule has 0 spiro atoms. The van der Waals surface area contributed by atoms with Crippen molar-refractivity contribution < 1.29 is 13.2 Å². The second kappa shape index (κ2) is 7.72. The Morgan fingerprint density at radius 1 is 1.41 bits per heavy atom. The van der Waals surface area contributed by atoms with Crippen molar-refractivity contribution in [2.24, 2.45) is 0 Å². The van der Waals surface area contributed by atoms with Gasteiger partial charge < -0.3 is 5.32 Å². The molecular weight excluding hydrogens is 322 g/mol. The Balaban J connectivity index is 3.05. The zero-order valence-corrected chi connectivity index (χ0v) is 14.8. The molecule has 0 radical (unpaired) electrons. The zero-order valence-electron chi connectivity index (χ0n) is 13.2. The lowest BCUT2D eigenvalue weighted by atomic mass is 10.3. The van der Waals surface area contributed by atoms with Crippen LogP contribution in [0.4, 0.5) is 0 Å². The van der Waals surface area contributed by atoms with Gasteiger partial charge in [-0.25, -0.2) is 8.42 Å². The Morgan fingerprint density at radius 3 is 2.55 bits per heavy atom. The average Bonchev–Trinajstić information content (AvgIpc) is 2.88. The van der Waals surface area contributed by atoms with Crippen LogP contribution in [-0.2, 0) is 14.8 Å². The average molecular weight is 343 g/mol. The maximum absolute atomic E-state index is 12.7. The van der Waals surface area contributed by atoms with Crippen molar-refractivity contribution in [3.05, 3.63) is 17.0 Å². The van der Waals surface area contributed by atoms with E-state index in [0.29, 0.717) is 0 Å². The summed E-state index contributed by atoms with van der Waals surface area (Å²) in [5.41, 5.74) is 0. The molecule has 1 amide bonds. The first-order valence-corrected chi connectivity index (χ1v) is 9.21. The van der Waals surface area contributed by atoms with Crippen LogP contribution in [-0.4, -0.2) is 31.2 Å². The van der Waals surface area contributed by atoms with E-state index in [0.717, 1.165) is 16.2 Å². The molecule has 1 N–H and O–H groups in total. The molecule has 1 aromatic rings. The van der Waals surface area contributed by atoms with Gasteiger partial charge in [-0.3, -0.25) is 4.79 Å². The maximum atomic E-state index is 12.7. The fourth-order valence-corrected chi connectivity index (χ4v) is 5.11. The minimum absolute atomic E-state index is 0.151. The molecule has 1 aromatic heterocycles. The van der Waals surface area contributed by atoms with Crippen LogP contribution < -0.4 is 5.32 Å². The van der Waals surface area contributed by atoms with Crippen LogP contribution in [0.2, 0.25) is 0 Å². The van der Waals surface area contributed by atoms with E-state index in [2.05, 4.69) is 5.32 Å². The quantitative estimate of drug-likeness (QED) is 0.822. The largest absolute Gasteiger partial charge is 0.349 e. The van der Waals surface area contributed by atoms with E-state index >= 15 is 0 Å². The molecule has 0 aliphatic carbocycles. The van der Waals surface area contributed by atoms with Crippen LogP contribution in [0.5, 0.6) is 0 Å². The summed E-state index contributed by atoms with van der Waals surface area (Å²) in [6.45, 7) is 6.96. The van der Waals surface area contributed by atoms with Crippen molar-refractivity contribution in [3.8, 4) is 6.07 Å². The molecule has 122 valence electrons. The number of carbonyl (C=O) groups excluding carboxylic acids is 1. The van der Waals surface area contributed by atoms with E-state index < -0.39 is 10.0 Å². The van der Waals surface area contributed by atoms with Crippen LogP contribution >= 0.6 is 11.3 Å². The Labute approximate surface area is 135 Å². The molecule has 1 rings (SSSR count). The lowest BCUT2D eigenvalue weighted by Gasteiger charge is -2.24. The van der Waals surface area contributed by atoms with E-state index in [9.17, 15) is 13.2 Å². The molecule has 1 unspecified atom stereocenters. The number of nitrogens with one attached hydrogen (secondary N) is 1. The highest BCUT2D eigenvalue weighted by atomic mass is 32.2. The number of hydrogen-bond acceptors (Lipinski definition) is 5. The first kappa shape index (κ1) is 18.6. The standard InChI is InChI=1S/C14H21N3O3S2/c1-10(2)17(9-5-8-15)22(19,20)14-7-6-13(21-14)11(3)16-12(4)18/h6-7,10-11H,5,9H2,1-4H3,(H,16,18). The van der Waals surface area contributed by atoms with Crippen LogP contribution in [0.25, 0.3) is 0 Å². The minimum atomic E-state index is -3.63. The Morgan fingerprint density at radius 2 is 2.05 bits per heavy atom. The predicted octanol–water partition coefficient (Wildman–Crippen LogP) is 2.26. The highest BCUT2D eigenvalue weighted by Gasteiger charge is 2.28. The summed E-state index contributed by atoms with van der Waals surface area (Å²) in [7, 11) is -3.63. The number of rotatable bonds is 7. The summed E-state index contributed by atoms with van der Waals surface area (Å²) >= 11 is 1.14. The van der Waals surface area contributed by atoms with Gasteiger partial charge in [0.1, 0.15) is 4.21 Å². The Bertz CT molecular complexity index is 659. The topological polar surface area (TPSA) is 90.3 Å². The van der Waals surface area contributed by atoms with E-state index in [4.69, 9.17) is 5.26 Å². The molecule has 0 saturated heterocycles. The van der Waals surface area contributed by atoms with E-state index in [1.54, 1.807) is 32.9 Å². The summed E-state index contributed by atoms with van der Waals surface area (Å²) in [4.78, 5) is 11.9. The summed E-state index contributed by atoms with van der Waals surface area (Å²) in [6, 6.07) is 4.77. The van der Waals surface area contributed by atoms with Gasteiger partial charge in [0.25, 0.3) is 10.0 Å². The number of nitriles is 1. The van der Waals surface area contributed by atoms with Gasteiger partial charge >= 0.3 is 0 Å². The Kier molecular flexibility index (Phi) is 6.53. The number of sulfonamides is 1. The summed E-state index contributed by atoms with van der Waals surface area (Å²) in [5, 5.41) is 11.4. The summed E-state index contributed by atoms with van der Waals surface area (Å²) in [5.74, 6) is -0.164. The van der Waals surface area contributed by atoms with Gasteiger partial charge in [0.15, 0.2) is 0 Å². The van der Waals surface area contributed by atoms with Crippen molar-refractivity contribution in [1.82, 2.24) is 9.62 Å². The van der Waals surface area contributed by atoms with Gasteiger partial charge in [-0.05, 0) is 32.9 Å². The molecule has 22 heavy (non-hydrogen) atoms. The SMILES string of the molecule is CC(=O)NC(C)c1ccc(S(=O)(=O)N(CCC#N)C(C)C)s1. The molecule has 1 heterocycles. The highest BCUT2D eigenvalue weighted by Crippen LogP contribution is 2.29. The first-order chi connectivity index (χ1) is 10.2. The fraction of sp³-hybridized carbons (Fsp3) is 0.571. The van der Waals surface area contributed by atoms with Gasteiger partial charge in [-0.15, -0.1) is 11.3 Å². The summed E-state index contributed by atoms with van der Waals surface area (Å²) < 4.78 is 26.9. The normalized spacial score (nSPS) is 13.1. The van der Waals surface area contributed by atoms with Gasteiger partial charge in [-0.1, -0.05) is 0 Å². The van der Waals surface area contributed by atoms with Crippen LogP contribution in [0.15, 0.2) is 16.3 Å². The molecule has 0 aliphatic rings. The van der Waals surface area contributed by atoms with Crippen LogP contribution in [0.3, 0.4) is 0 Å². The predicted molar refractivity (Wildman–Crippen MR) is 85.8 cm³/mol. The van der Waals surface area contributed by atoms with Crippen LogP contribution in [0, 0.1) is 11.3 Å². The lowest BCUT2D eigenvalue weighted by Crippen LogP contribution is -2.37. The number of nitrogens with zero attached hydrogens (tertiary/aromatic N) is 2. The smallest absolute Gasteiger partial charge is 0.252 e.